The number of likely N-dealkylation sites (tertiary alicyclic amines) is 1. The lowest BCUT2D eigenvalue weighted by Crippen LogP contribution is -2.50. The van der Waals surface area contributed by atoms with Crippen LogP contribution in [0.2, 0.25) is 0 Å². The number of hydrogen-bond donors (Lipinski definition) is 3. The second-order valence-electron chi connectivity index (χ2n) is 8.05. The molecular weight excluding hydrogens is 447 g/mol. The summed E-state index contributed by atoms with van der Waals surface area (Å²) in [7, 11) is 3.45. The molecule has 2 saturated heterocycles. The fourth-order valence-corrected chi connectivity index (χ4v) is 3.50. The van der Waals surface area contributed by atoms with Crippen LogP contribution in [-0.4, -0.2) is 89.5 Å². The van der Waals surface area contributed by atoms with Gasteiger partial charge in [0.25, 0.3) is 0 Å². The van der Waals surface area contributed by atoms with Crippen molar-refractivity contribution >= 4 is 18.0 Å². The highest BCUT2D eigenvalue weighted by molar-refractivity contribution is 5.74. The zero-order valence-electron chi connectivity index (χ0n) is 18.4. The van der Waals surface area contributed by atoms with E-state index in [0.717, 1.165) is 24.8 Å². The minimum Gasteiger partial charge on any atom is -0.475 e. The number of urea groups is 2. The maximum Gasteiger partial charge on any atom is 0.490 e. The van der Waals surface area contributed by atoms with Crippen LogP contribution in [0.4, 0.5) is 22.8 Å². The van der Waals surface area contributed by atoms with Gasteiger partial charge in [-0.2, -0.15) is 13.2 Å². The van der Waals surface area contributed by atoms with E-state index in [0.29, 0.717) is 26.2 Å². The average Bonchev–Trinajstić information content (AvgIpc) is 3.14. The number of aliphatic carboxylic acids is 1. The molecule has 0 radical (unpaired) electrons. The summed E-state index contributed by atoms with van der Waals surface area (Å²) >= 11 is 0. The SMILES string of the molecule is CN(C)C(=O)NC1COC2(CCN(C(=O)NCc3cccnc3)CC2)C1.O=C(O)C(F)(F)F. The van der Waals surface area contributed by atoms with Crippen LogP contribution in [0.15, 0.2) is 24.5 Å². The molecule has 1 spiro atoms. The fourth-order valence-electron chi connectivity index (χ4n) is 3.50. The van der Waals surface area contributed by atoms with Gasteiger partial charge < -0.3 is 30.3 Å². The van der Waals surface area contributed by atoms with Crippen molar-refractivity contribution in [3.63, 3.8) is 0 Å². The zero-order chi connectivity index (χ0) is 24.6. The molecule has 1 aromatic rings. The van der Waals surface area contributed by atoms with E-state index in [9.17, 15) is 22.8 Å². The van der Waals surface area contributed by atoms with Gasteiger partial charge in [-0.25, -0.2) is 14.4 Å². The summed E-state index contributed by atoms with van der Waals surface area (Å²) < 4.78 is 37.8. The van der Waals surface area contributed by atoms with Crippen molar-refractivity contribution in [2.24, 2.45) is 0 Å². The standard InChI is InChI=1S/C18H27N5O3.C2HF3O2/c1-22(2)17(25)21-15-10-18(26-13-15)5-8-23(9-6-18)16(24)20-12-14-4-3-7-19-11-14;3-2(4,5)1(6)7/h3-4,7,11,15H,5-6,8-10,12-13H2,1-2H3,(H,20,24)(H,21,25);(H,6,7). The lowest BCUT2D eigenvalue weighted by atomic mass is 9.87. The molecule has 33 heavy (non-hydrogen) atoms. The highest BCUT2D eigenvalue weighted by atomic mass is 19.4. The largest absolute Gasteiger partial charge is 0.490 e. The van der Waals surface area contributed by atoms with Gasteiger partial charge in [-0.3, -0.25) is 4.98 Å². The summed E-state index contributed by atoms with van der Waals surface area (Å²) in [6.07, 6.45) is 0.770. The van der Waals surface area contributed by atoms with Crippen molar-refractivity contribution in [3.8, 4) is 0 Å². The predicted molar refractivity (Wildman–Crippen MR) is 110 cm³/mol. The maximum absolute atomic E-state index is 12.4. The van der Waals surface area contributed by atoms with Gasteiger partial charge >= 0.3 is 24.2 Å². The minimum absolute atomic E-state index is 0.0378. The van der Waals surface area contributed by atoms with E-state index in [1.165, 1.54) is 4.90 Å². The number of carboxylic acids is 1. The van der Waals surface area contributed by atoms with Crippen LogP contribution in [0.1, 0.15) is 24.8 Å². The molecule has 1 atom stereocenters. The Balaban J connectivity index is 0.000000479. The third-order valence-electron chi connectivity index (χ3n) is 5.31. The number of alkyl halides is 3. The number of hydrogen-bond acceptors (Lipinski definition) is 5. The van der Waals surface area contributed by atoms with Gasteiger partial charge in [0.15, 0.2) is 0 Å². The summed E-state index contributed by atoms with van der Waals surface area (Å²) in [6.45, 7) is 2.33. The number of carbonyl (C=O) groups excluding carboxylic acids is 2. The first-order chi connectivity index (χ1) is 15.4. The molecule has 3 rings (SSSR count). The van der Waals surface area contributed by atoms with Gasteiger partial charge in [-0.05, 0) is 30.9 Å². The van der Waals surface area contributed by atoms with E-state index < -0.39 is 12.1 Å². The molecule has 0 aromatic carbocycles. The van der Waals surface area contributed by atoms with Crippen LogP contribution in [0.5, 0.6) is 0 Å². The van der Waals surface area contributed by atoms with E-state index in [4.69, 9.17) is 14.6 Å². The van der Waals surface area contributed by atoms with Gasteiger partial charge in [0, 0.05) is 46.1 Å². The number of rotatable bonds is 3. The predicted octanol–water partition coefficient (Wildman–Crippen LogP) is 1.82. The van der Waals surface area contributed by atoms with Crippen molar-refractivity contribution in [2.75, 3.05) is 33.8 Å². The van der Waals surface area contributed by atoms with Crippen LogP contribution in [0.25, 0.3) is 0 Å². The number of aromatic nitrogens is 1. The normalized spacial score (nSPS) is 19.3. The molecule has 10 nitrogen and oxygen atoms in total. The van der Waals surface area contributed by atoms with Crippen molar-refractivity contribution < 1.29 is 37.4 Å². The number of nitrogens with zero attached hydrogens (tertiary/aromatic N) is 3. The van der Waals surface area contributed by atoms with Gasteiger partial charge in [0.1, 0.15) is 0 Å². The molecule has 0 bridgehead atoms. The molecule has 0 aliphatic carbocycles. The van der Waals surface area contributed by atoms with E-state index in [1.807, 2.05) is 17.0 Å². The van der Waals surface area contributed by atoms with Gasteiger partial charge in [0.05, 0.1) is 18.2 Å². The van der Waals surface area contributed by atoms with Crippen molar-refractivity contribution in [1.82, 2.24) is 25.4 Å². The monoisotopic (exact) mass is 475 g/mol. The fraction of sp³-hybridized carbons (Fsp3) is 0.600. The van der Waals surface area contributed by atoms with E-state index >= 15 is 0 Å². The Kier molecular flexibility index (Phi) is 8.85. The van der Waals surface area contributed by atoms with Gasteiger partial charge in [0.2, 0.25) is 0 Å². The Bertz CT molecular complexity index is 814. The van der Waals surface area contributed by atoms with Crippen LogP contribution in [0, 0.1) is 0 Å². The smallest absolute Gasteiger partial charge is 0.475 e. The first-order valence-corrected chi connectivity index (χ1v) is 10.3. The second-order valence-corrected chi connectivity index (χ2v) is 8.05. The average molecular weight is 475 g/mol. The molecular formula is C20H28F3N5O5. The number of piperidine rings is 1. The molecule has 13 heteroatoms. The third kappa shape index (κ3) is 8.08. The zero-order valence-corrected chi connectivity index (χ0v) is 18.4. The molecule has 4 amide bonds. The molecule has 2 aliphatic rings. The van der Waals surface area contributed by atoms with Crippen LogP contribution < -0.4 is 10.6 Å². The van der Waals surface area contributed by atoms with Crippen LogP contribution in [0.3, 0.4) is 0 Å². The number of carboxylic acid groups (broad SMARTS) is 1. The Morgan fingerprint density at radius 2 is 1.94 bits per heavy atom. The van der Waals surface area contributed by atoms with E-state index in [2.05, 4.69) is 15.6 Å². The van der Waals surface area contributed by atoms with E-state index in [-0.39, 0.29) is 23.7 Å². The highest BCUT2D eigenvalue weighted by Crippen LogP contribution is 2.36. The molecule has 2 aliphatic heterocycles. The molecule has 3 heterocycles. The number of pyridine rings is 1. The van der Waals surface area contributed by atoms with Crippen LogP contribution >= 0.6 is 0 Å². The topological polar surface area (TPSA) is 124 Å². The second kappa shape index (κ2) is 11.2. The number of carbonyl (C=O) groups is 3. The van der Waals surface area contributed by atoms with Gasteiger partial charge in [-0.1, -0.05) is 6.07 Å². The highest BCUT2D eigenvalue weighted by Gasteiger charge is 2.44. The minimum atomic E-state index is -5.08. The molecule has 1 unspecified atom stereocenters. The summed E-state index contributed by atoms with van der Waals surface area (Å²) in [4.78, 5) is 40.4. The number of halogens is 3. The third-order valence-corrected chi connectivity index (χ3v) is 5.31. The van der Waals surface area contributed by atoms with Gasteiger partial charge in [-0.15, -0.1) is 0 Å². The van der Waals surface area contributed by atoms with Crippen molar-refractivity contribution in [1.29, 1.82) is 0 Å². The van der Waals surface area contributed by atoms with Crippen LogP contribution in [-0.2, 0) is 16.1 Å². The Morgan fingerprint density at radius 1 is 1.30 bits per heavy atom. The Morgan fingerprint density at radius 3 is 2.45 bits per heavy atom. The summed E-state index contributed by atoms with van der Waals surface area (Å²) in [5, 5.41) is 13.0. The van der Waals surface area contributed by atoms with E-state index in [1.54, 1.807) is 26.5 Å². The summed E-state index contributed by atoms with van der Waals surface area (Å²) in [6, 6.07) is 3.68. The molecule has 3 N–H and O–H groups in total. The first-order valence-electron chi connectivity index (χ1n) is 10.3. The number of amides is 4. The number of ether oxygens (including phenoxy) is 1. The molecule has 2 fully saturated rings. The molecule has 0 saturated carbocycles. The van der Waals surface area contributed by atoms with Crippen molar-refractivity contribution in [2.45, 2.75) is 43.6 Å². The molecule has 1 aromatic heterocycles. The lowest BCUT2D eigenvalue weighted by molar-refractivity contribution is -0.192. The maximum atomic E-state index is 12.4. The summed E-state index contributed by atoms with van der Waals surface area (Å²) in [5.74, 6) is -2.76. The lowest BCUT2D eigenvalue weighted by Gasteiger charge is -2.38. The quantitative estimate of drug-likeness (QED) is 0.613. The molecule has 184 valence electrons. The Labute approximate surface area is 189 Å². The summed E-state index contributed by atoms with van der Waals surface area (Å²) in [5.41, 5.74) is 0.762. The van der Waals surface area contributed by atoms with Crippen molar-refractivity contribution in [3.05, 3.63) is 30.1 Å². The first kappa shape index (κ1) is 26.2. The Hall–Kier alpha value is -3.09. The number of nitrogens with one attached hydrogen (secondary N) is 2.